The summed E-state index contributed by atoms with van der Waals surface area (Å²) in [5.74, 6) is 1.70. The largest absolute Gasteiger partial charge is 0.496 e. The molecule has 0 radical (unpaired) electrons. The van der Waals surface area contributed by atoms with Crippen molar-refractivity contribution >= 4 is 29.9 Å². The zero-order valence-electron chi connectivity index (χ0n) is 18.3. The number of ether oxygens (including phenoxy) is 1. The summed E-state index contributed by atoms with van der Waals surface area (Å²) >= 11 is 0. The molecule has 2 aromatic carbocycles. The number of para-hydroxylation sites is 1. The fourth-order valence-corrected chi connectivity index (χ4v) is 3.88. The van der Waals surface area contributed by atoms with E-state index in [9.17, 15) is 0 Å². The average molecular weight is 533 g/mol. The molecule has 2 N–H and O–H groups in total. The molecule has 1 unspecified atom stereocenters. The summed E-state index contributed by atoms with van der Waals surface area (Å²) in [5, 5.41) is 16.0. The molecule has 0 spiro atoms. The number of rotatable bonds is 8. The zero-order valence-corrected chi connectivity index (χ0v) is 20.6. The molecule has 166 valence electrons. The Balaban J connectivity index is 0.00000341. The number of nitriles is 1. The summed E-state index contributed by atoms with van der Waals surface area (Å²) in [5.41, 5.74) is 2.88. The molecule has 3 rings (SSSR count). The highest BCUT2D eigenvalue weighted by molar-refractivity contribution is 14.0. The predicted octanol–water partition coefficient (Wildman–Crippen LogP) is 4.08. The number of aliphatic imine (C=N–C) groups is 1. The number of nitrogens with zero attached hydrogens (tertiary/aromatic N) is 3. The van der Waals surface area contributed by atoms with Crippen LogP contribution in [0.4, 0.5) is 0 Å². The Bertz CT molecular complexity index is 890. The van der Waals surface area contributed by atoms with Gasteiger partial charge in [0.1, 0.15) is 5.75 Å². The average Bonchev–Trinajstić information content (AvgIpc) is 3.32. The SMILES string of the molecule is CCNC(=NCc1cccc(C#N)c1)NCC(c1ccccc1OC)N1CCCC1.I. The lowest BCUT2D eigenvalue weighted by atomic mass is 10.0. The maximum Gasteiger partial charge on any atom is 0.191 e. The molecule has 31 heavy (non-hydrogen) atoms. The van der Waals surface area contributed by atoms with Crippen LogP contribution >= 0.6 is 24.0 Å². The second kappa shape index (κ2) is 13.2. The van der Waals surface area contributed by atoms with Gasteiger partial charge < -0.3 is 15.4 Å². The summed E-state index contributed by atoms with van der Waals surface area (Å²) in [6.45, 7) is 6.30. The van der Waals surface area contributed by atoms with Crippen LogP contribution in [0.5, 0.6) is 5.75 Å². The molecule has 1 heterocycles. The summed E-state index contributed by atoms with van der Waals surface area (Å²) in [6, 6.07) is 18.3. The highest BCUT2D eigenvalue weighted by Crippen LogP contribution is 2.31. The molecule has 7 heteroatoms. The Labute approximate surface area is 202 Å². The van der Waals surface area contributed by atoms with Crippen molar-refractivity contribution in [2.45, 2.75) is 32.4 Å². The summed E-state index contributed by atoms with van der Waals surface area (Å²) in [4.78, 5) is 7.25. The van der Waals surface area contributed by atoms with Crippen molar-refractivity contribution in [3.05, 3.63) is 65.2 Å². The smallest absolute Gasteiger partial charge is 0.191 e. The third-order valence-electron chi connectivity index (χ3n) is 5.36. The molecule has 1 saturated heterocycles. The van der Waals surface area contributed by atoms with Gasteiger partial charge in [0.2, 0.25) is 0 Å². The molecule has 0 saturated carbocycles. The third kappa shape index (κ3) is 7.11. The molecule has 6 nitrogen and oxygen atoms in total. The van der Waals surface area contributed by atoms with Gasteiger partial charge in [-0.05, 0) is 56.6 Å². The van der Waals surface area contributed by atoms with Gasteiger partial charge in [0.05, 0.1) is 31.3 Å². The number of benzene rings is 2. The number of likely N-dealkylation sites (tertiary alicyclic amines) is 1. The minimum Gasteiger partial charge on any atom is -0.496 e. The fraction of sp³-hybridized carbons (Fsp3) is 0.417. The van der Waals surface area contributed by atoms with Crippen LogP contribution in [0, 0.1) is 11.3 Å². The van der Waals surface area contributed by atoms with Crippen molar-refractivity contribution in [2.24, 2.45) is 4.99 Å². The number of methoxy groups -OCH3 is 1. The van der Waals surface area contributed by atoms with Gasteiger partial charge in [0.15, 0.2) is 5.96 Å². The van der Waals surface area contributed by atoms with Gasteiger partial charge in [-0.1, -0.05) is 30.3 Å². The van der Waals surface area contributed by atoms with E-state index < -0.39 is 0 Å². The van der Waals surface area contributed by atoms with Crippen molar-refractivity contribution in [3.63, 3.8) is 0 Å². The number of nitrogens with one attached hydrogen (secondary N) is 2. The van der Waals surface area contributed by atoms with Crippen molar-refractivity contribution in [1.82, 2.24) is 15.5 Å². The molecule has 0 aliphatic carbocycles. The molecule has 1 fully saturated rings. The van der Waals surface area contributed by atoms with Gasteiger partial charge in [-0.3, -0.25) is 4.90 Å². The highest BCUT2D eigenvalue weighted by Gasteiger charge is 2.26. The molecule has 2 aromatic rings. The first-order chi connectivity index (χ1) is 14.7. The number of hydrogen-bond donors (Lipinski definition) is 2. The maximum absolute atomic E-state index is 9.10. The van der Waals surface area contributed by atoms with Crippen LogP contribution in [0.3, 0.4) is 0 Å². The number of halogens is 1. The molecule has 1 aliphatic rings. The minimum absolute atomic E-state index is 0. The Kier molecular flexibility index (Phi) is 10.6. The maximum atomic E-state index is 9.10. The van der Waals surface area contributed by atoms with Crippen LogP contribution in [0.1, 0.15) is 42.5 Å². The van der Waals surface area contributed by atoms with Crippen LogP contribution in [0.25, 0.3) is 0 Å². The van der Waals surface area contributed by atoms with Crippen molar-refractivity contribution < 1.29 is 4.74 Å². The van der Waals surface area contributed by atoms with E-state index in [0.29, 0.717) is 12.1 Å². The minimum atomic E-state index is 0. The van der Waals surface area contributed by atoms with E-state index in [2.05, 4.69) is 40.7 Å². The quantitative estimate of drug-likeness (QED) is 0.304. The van der Waals surface area contributed by atoms with Gasteiger partial charge in [0, 0.05) is 18.7 Å². The van der Waals surface area contributed by atoms with Gasteiger partial charge in [-0.25, -0.2) is 4.99 Å². The Morgan fingerprint density at radius 2 is 1.94 bits per heavy atom. The number of hydrogen-bond acceptors (Lipinski definition) is 4. The van der Waals surface area contributed by atoms with E-state index in [1.807, 2.05) is 36.4 Å². The Hall–Kier alpha value is -2.31. The lowest BCUT2D eigenvalue weighted by Crippen LogP contribution is -2.42. The van der Waals surface area contributed by atoms with Crippen molar-refractivity contribution in [2.75, 3.05) is 33.3 Å². The van der Waals surface area contributed by atoms with E-state index in [4.69, 9.17) is 15.0 Å². The van der Waals surface area contributed by atoms with Crippen LogP contribution in [-0.2, 0) is 6.54 Å². The zero-order chi connectivity index (χ0) is 21.2. The monoisotopic (exact) mass is 533 g/mol. The van der Waals surface area contributed by atoms with Crippen LogP contribution < -0.4 is 15.4 Å². The first-order valence-electron chi connectivity index (χ1n) is 10.6. The summed E-state index contributed by atoms with van der Waals surface area (Å²) in [6.07, 6.45) is 2.46. The van der Waals surface area contributed by atoms with E-state index in [-0.39, 0.29) is 30.0 Å². The fourth-order valence-electron chi connectivity index (χ4n) is 3.88. The lowest BCUT2D eigenvalue weighted by Gasteiger charge is -2.30. The number of guanidine groups is 1. The molecule has 0 amide bonds. The molecule has 0 aromatic heterocycles. The topological polar surface area (TPSA) is 72.7 Å². The van der Waals surface area contributed by atoms with Crippen LogP contribution in [0.15, 0.2) is 53.5 Å². The van der Waals surface area contributed by atoms with Gasteiger partial charge in [-0.15, -0.1) is 24.0 Å². The lowest BCUT2D eigenvalue weighted by molar-refractivity contribution is 0.239. The van der Waals surface area contributed by atoms with Crippen molar-refractivity contribution in [1.29, 1.82) is 5.26 Å². The molecular weight excluding hydrogens is 501 g/mol. The Morgan fingerprint density at radius 3 is 2.65 bits per heavy atom. The van der Waals surface area contributed by atoms with E-state index in [1.165, 1.54) is 18.4 Å². The molecule has 0 bridgehead atoms. The predicted molar refractivity (Wildman–Crippen MR) is 136 cm³/mol. The third-order valence-corrected chi connectivity index (χ3v) is 5.36. The summed E-state index contributed by atoms with van der Waals surface area (Å²) in [7, 11) is 1.73. The van der Waals surface area contributed by atoms with E-state index in [1.54, 1.807) is 7.11 Å². The van der Waals surface area contributed by atoms with E-state index in [0.717, 1.165) is 43.5 Å². The van der Waals surface area contributed by atoms with Crippen LogP contribution in [-0.4, -0.2) is 44.1 Å². The van der Waals surface area contributed by atoms with Crippen molar-refractivity contribution in [3.8, 4) is 11.8 Å². The van der Waals surface area contributed by atoms with Gasteiger partial charge in [0.25, 0.3) is 0 Å². The van der Waals surface area contributed by atoms with Gasteiger partial charge in [-0.2, -0.15) is 5.26 Å². The standard InChI is InChI=1S/C24H31N5O.HI/c1-3-26-24(27-17-20-10-8-9-19(15-20)16-25)28-18-22(29-13-6-7-14-29)21-11-4-5-12-23(21)30-2;/h4-5,8-12,15,22H,3,6-7,13-14,17-18H2,1-2H3,(H2,26,27,28);1H. The highest BCUT2D eigenvalue weighted by atomic mass is 127. The normalized spacial score (nSPS) is 14.9. The van der Waals surface area contributed by atoms with Crippen LogP contribution in [0.2, 0.25) is 0 Å². The Morgan fingerprint density at radius 1 is 1.16 bits per heavy atom. The first kappa shape index (κ1) is 25.0. The van der Waals surface area contributed by atoms with E-state index >= 15 is 0 Å². The molecule has 1 aliphatic heterocycles. The summed E-state index contributed by atoms with van der Waals surface area (Å²) < 4.78 is 5.64. The second-order valence-electron chi connectivity index (χ2n) is 7.39. The first-order valence-corrected chi connectivity index (χ1v) is 10.6. The molecular formula is C24H32IN5O. The van der Waals surface area contributed by atoms with Gasteiger partial charge >= 0.3 is 0 Å². The second-order valence-corrected chi connectivity index (χ2v) is 7.39. The molecule has 1 atom stereocenters.